The van der Waals surface area contributed by atoms with E-state index in [-0.39, 0.29) is 5.69 Å². The third kappa shape index (κ3) is 1.24. The van der Waals surface area contributed by atoms with Crippen LogP contribution in [0.4, 0.5) is 0 Å². The highest BCUT2D eigenvalue weighted by Gasteiger charge is 2.08. The van der Waals surface area contributed by atoms with E-state index >= 15 is 0 Å². The van der Waals surface area contributed by atoms with Crippen molar-refractivity contribution in [3.8, 4) is 0 Å². The third-order valence-corrected chi connectivity index (χ3v) is 1.68. The fourth-order valence-corrected chi connectivity index (χ4v) is 1.08. The Hall–Kier alpha value is -1.91. The van der Waals surface area contributed by atoms with E-state index in [1.807, 2.05) is 6.92 Å². The van der Waals surface area contributed by atoms with E-state index < -0.39 is 5.97 Å². The molecule has 0 radical (unpaired) electrons. The first-order chi connectivity index (χ1) is 6.16. The quantitative estimate of drug-likeness (QED) is 0.697. The highest BCUT2D eigenvalue weighted by atomic mass is 16.4. The molecule has 2 aromatic rings. The molecule has 0 saturated heterocycles. The van der Waals surface area contributed by atoms with Crippen molar-refractivity contribution in [2.24, 2.45) is 0 Å². The van der Waals surface area contributed by atoms with Crippen molar-refractivity contribution in [1.29, 1.82) is 0 Å². The number of aromatic carboxylic acids is 1. The van der Waals surface area contributed by atoms with Gasteiger partial charge in [-0.1, -0.05) is 0 Å². The van der Waals surface area contributed by atoms with E-state index in [1.54, 1.807) is 12.3 Å². The predicted octanol–water partition coefficient (Wildman–Crippen LogP) is 0.736. The molecular formula is C8H7N3O2. The fraction of sp³-hybridized carbons (Fsp3) is 0.125. The SMILES string of the molecule is Cc1ccn2nc(C(=O)O)cc2n1. The van der Waals surface area contributed by atoms with Crippen molar-refractivity contribution >= 4 is 11.6 Å². The average Bonchev–Trinajstić information content (AvgIpc) is 2.46. The first kappa shape index (κ1) is 7.72. The lowest BCUT2D eigenvalue weighted by atomic mass is 10.4. The maximum atomic E-state index is 10.6. The van der Waals surface area contributed by atoms with Gasteiger partial charge >= 0.3 is 5.97 Å². The van der Waals surface area contributed by atoms with Gasteiger partial charge in [0.1, 0.15) is 0 Å². The van der Waals surface area contributed by atoms with Gasteiger partial charge < -0.3 is 5.11 Å². The zero-order valence-corrected chi connectivity index (χ0v) is 6.93. The maximum absolute atomic E-state index is 10.6. The number of aryl methyl sites for hydroxylation is 1. The number of carbonyl (C=O) groups is 1. The van der Waals surface area contributed by atoms with E-state index in [4.69, 9.17) is 5.11 Å². The highest BCUT2D eigenvalue weighted by Crippen LogP contribution is 2.04. The van der Waals surface area contributed by atoms with Crippen LogP contribution < -0.4 is 0 Å². The second-order valence-corrected chi connectivity index (χ2v) is 2.71. The number of fused-ring (bicyclic) bond motifs is 1. The lowest BCUT2D eigenvalue weighted by Crippen LogP contribution is -1.97. The molecule has 13 heavy (non-hydrogen) atoms. The van der Waals surface area contributed by atoms with Crippen molar-refractivity contribution in [2.75, 3.05) is 0 Å². The Kier molecular flexibility index (Phi) is 1.51. The molecule has 0 atom stereocenters. The molecule has 0 fully saturated rings. The molecule has 0 aliphatic rings. The van der Waals surface area contributed by atoms with Gasteiger partial charge in [-0.15, -0.1) is 0 Å². The zero-order valence-electron chi connectivity index (χ0n) is 6.93. The van der Waals surface area contributed by atoms with Crippen molar-refractivity contribution in [3.05, 3.63) is 29.7 Å². The van der Waals surface area contributed by atoms with Gasteiger partial charge in [-0.2, -0.15) is 5.10 Å². The second kappa shape index (κ2) is 2.55. The first-order valence-corrected chi connectivity index (χ1v) is 3.73. The molecule has 0 spiro atoms. The Morgan fingerprint density at radius 1 is 1.62 bits per heavy atom. The predicted molar refractivity (Wildman–Crippen MR) is 44.7 cm³/mol. The minimum atomic E-state index is -1.04. The molecule has 5 nitrogen and oxygen atoms in total. The highest BCUT2D eigenvalue weighted by molar-refractivity contribution is 5.86. The summed E-state index contributed by atoms with van der Waals surface area (Å²) in [6.45, 7) is 1.84. The van der Waals surface area contributed by atoms with Crippen LogP contribution in [0.2, 0.25) is 0 Å². The minimum absolute atomic E-state index is 0.0121. The number of nitrogens with zero attached hydrogens (tertiary/aromatic N) is 3. The smallest absolute Gasteiger partial charge is 0.356 e. The number of hydrogen-bond acceptors (Lipinski definition) is 3. The summed E-state index contributed by atoms with van der Waals surface area (Å²) in [5.41, 5.74) is 1.40. The van der Waals surface area contributed by atoms with Gasteiger partial charge in [-0.25, -0.2) is 14.3 Å². The molecule has 0 unspecified atom stereocenters. The number of rotatable bonds is 1. The Morgan fingerprint density at radius 3 is 3.08 bits per heavy atom. The minimum Gasteiger partial charge on any atom is -0.476 e. The Morgan fingerprint density at radius 2 is 2.38 bits per heavy atom. The fourth-order valence-electron chi connectivity index (χ4n) is 1.08. The van der Waals surface area contributed by atoms with Gasteiger partial charge in [-0.05, 0) is 13.0 Å². The van der Waals surface area contributed by atoms with Crippen LogP contribution in [0.15, 0.2) is 18.3 Å². The molecule has 2 aromatic heterocycles. The summed E-state index contributed by atoms with van der Waals surface area (Å²) < 4.78 is 1.44. The van der Waals surface area contributed by atoms with Gasteiger partial charge in [0.15, 0.2) is 11.3 Å². The number of hydrogen-bond donors (Lipinski definition) is 1. The lowest BCUT2D eigenvalue weighted by molar-refractivity contribution is 0.0690. The molecule has 5 heteroatoms. The molecule has 2 rings (SSSR count). The number of carboxylic acid groups (broad SMARTS) is 1. The van der Waals surface area contributed by atoms with Gasteiger partial charge in [0.25, 0.3) is 0 Å². The van der Waals surface area contributed by atoms with Crippen LogP contribution in [0.5, 0.6) is 0 Å². The molecule has 0 amide bonds. The Labute approximate surface area is 73.6 Å². The molecule has 0 saturated carbocycles. The Balaban J connectivity index is 2.68. The molecule has 2 heterocycles. The summed E-state index contributed by atoms with van der Waals surface area (Å²) in [5, 5.41) is 12.5. The van der Waals surface area contributed by atoms with E-state index in [9.17, 15) is 4.79 Å². The van der Waals surface area contributed by atoms with Gasteiger partial charge in [0.05, 0.1) is 0 Å². The summed E-state index contributed by atoms with van der Waals surface area (Å²) in [5.74, 6) is -1.04. The standard InChI is InChI=1S/C8H7N3O2/c1-5-2-3-11-7(9-5)4-6(10-11)8(12)13/h2-4H,1H3,(H,12,13). The first-order valence-electron chi connectivity index (χ1n) is 3.73. The van der Waals surface area contributed by atoms with Crippen molar-refractivity contribution in [1.82, 2.24) is 14.6 Å². The van der Waals surface area contributed by atoms with E-state index in [2.05, 4.69) is 10.1 Å². The number of aromatic nitrogens is 3. The van der Waals surface area contributed by atoms with Crippen LogP contribution in [0, 0.1) is 6.92 Å². The molecule has 66 valence electrons. The molecule has 1 N–H and O–H groups in total. The van der Waals surface area contributed by atoms with Crippen molar-refractivity contribution < 1.29 is 9.90 Å². The second-order valence-electron chi connectivity index (χ2n) is 2.71. The van der Waals surface area contributed by atoms with Crippen LogP contribution in [-0.4, -0.2) is 25.7 Å². The summed E-state index contributed by atoms with van der Waals surface area (Å²) in [7, 11) is 0. The summed E-state index contributed by atoms with van der Waals surface area (Å²) >= 11 is 0. The molecule has 0 aliphatic heterocycles. The molecule has 0 bridgehead atoms. The monoisotopic (exact) mass is 177 g/mol. The van der Waals surface area contributed by atoms with Crippen molar-refractivity contribution in [3.63, 3.8) is 0 Å². The van der Waals surface area contributed by atoms with Crippen molar-refractivity contribution in [2.45, 2.75) is 6.92 Å². The van der Waals surface area contributed by atoms with Gasteiger partial charge in [0.2, 0.25) is 0 Å². The maximum Gasteiger partial charge on any atom is 0.356 e. The van der Waals surface area contributed by atoms with E-state index in [0.717, 1.165) is 5.69 Å². The van der Waals surface area contributed by atoms with E-state index in [0.29, 0.717) is 5.65 Å². The van der Waals surface area contributed by atoms with Crippen LogP contribution in [0.25, 0.3) is 5.65 Å². The van der Waals surface area contributed by atoms with Gasteiger partial charge in [-0.3, -0.25) is 0 Å². The zero-order chi connectivity index (χ0) is 9.42. The molecular weight excluding hydrogens is 170 g/mol. The lowest BCUT2D eigenvalue weighted by Gasteiger charge is -1.91. The van der Waals surface area contributed by atoms with Crippen LogP contribution in [0.1, 0.15) is 16.2 Å². The largest absolute Gasteiger partial charge is 0.476 e. The summed E-state index contributed by atoms with van der Waals surface area (Å²) in [6, 6.07) is 3.21. The summed E-state index contributed by atoms with van der Waals surface area (Å²) in [6.07, 6.45) is 1.68. The third-order valence-electron chi connectivity index (χ3n) is 1.68. The van der Waals surface area contributed by atoms with E-state index in [1.165, 1.54) is 10.6 Å². The van der Waals surface area contributed by atoms with Crippen LogP contribution >= 0.6 is 0 Å². The Bertz CT molecular complexity index is 475. The van der Waals surface area contributed by atoms with Gasteiger partial charge in [0, 0.05) is 18.0 Å². The number of carboxylic acids is 1. The van der Waals surface area contributed by atoms with Crippen LogP contribution in [0.3, 0.4) is 0 Å². The average molecular weight is 177 g/mol. The van der Waals surface area contributed by atoms with Crippen LogP contribution in [-0.2, 0) is 0 Å². The molecule has 0 aromatic carbocycles. The summed E-state index contributed by atoms with van der Waals surface area (Å²) in [4.78, 5) is 14.7. The normalized spacial score (nSPS) is 10.5. The topological polar surface area (TPSA) is 67.5 Å². The molecule has 0 aliphatic carbocycles.